The number of rotatable bonds is 10. The Morgan fingerprint density at radius 3 is 1.18 bits per heavy atom. The van der Waals surface area contributed by atoms with Crippen molar-refractivity contribution in [3.63, 3.8) is 0 Å². The van der Waals surface area contributed by atoms with Crippen molar-refractivity contribution >= 4 is 34.1 Å². The van der Waals surface area contributed by atoms with Crippen molar-refractivity contribution < 1.29 is 110 Å². The Morgan fingerprint density at radius 2 is 0.833 bits per heavy atom. The SMILES string of the molecule is Fc1cccc(F)c1C1=N[C@@H](c2ccc(-c3ccc(OC(F)(F)F)cc3)cc2)CC1.O=S(=O)(Oc1ccc([C@H]2CCC(c3c(F)cccc3F)=N2)cc1)C(F)(F)F.OB(O)c1ccc(OC(F)(F)F)cc1.[Pd]. The molecule has 72 heavy (non-hydrogen) atoms. The Kier molecular flexibility index (Phi) is 18.5. The van der Waals surface area contributed by atoms with Crippen LogP contribution in [0.25, 0.3) is 11.1 Å². The third-order valence-electron chi connectivity index (χ3n) is 10.3. The zero-order chi connectivity index (χ0) is 51.9. The number of halogens is 13. The van der Waals surface area contributed by atoms with E-state index in [9.17, 15) is 65.5 Å². The zero-order valence-corrected chi connectivity index (χ0v) is 38.6. The van der Waals surface area contributed by atoms with E-state index in [0.717, 1.165) is 65.2 Å². The summed E-state index contributed by atoms with van der Waals surface area (Å²) in [5.41, 5.74) is -2.01. The molecular formula is C47H34BF13N2O7PdS. The number of benzene rings is 6. The van der Waals surface area contributed by atoms with E-state index in [4.69, 9.17) is 10.0 Å². The molecule has 0 saturated heterocycles. The summed E-state index contributed by atoms with van der Waals surface area (Å²) in [6.45, 7) is 0. The van der Waals surface area contributed by atoms with Crippen LogP contribution in [0.15, 0.2) is 143 Å². The minimum atomic E-state index is -5.75. The Hall–Kier alpha value is -6.25. The molecule has 2 atom stereocenters. The summed E-state index contributed by atoms with van der Waals surface area (Å²) >= 11 is 0. The number of aliphatic imine (C=N–C) groups is 2. The van der Waals surface area contributed by atoms with Crippen LogP contribution in [0, 0.1) is 23.3 Å². The van der Waals surface area contributed by atoms with Gasteiger partial charge in [-0.1, -0.05) is 72.8 Å². The molecule has 9 nitrogen and oxygen atoms in total. The molecule has 2 aliphatic rings. The van der Waals surface area contributed by atoms with Crippen molar-refractivity contribution in [1.82, 2.24) is 0 Å². The van der Waals surface area contributed by atoms with Crippen LogP contribution in [0.1, 0.15) is 60.0 Å². The molecule has 2 aliphatic heterocycles. The topological polar surface area (TPSA) is 127 Å². The molecule has 384 valence electrons. The molecular weight excluding hydrogens is 1100 g/mol. The molecule has 2 N–H and O–H groups in total. The first-order chi connectivity index (χ1) is 33.3. The number of ether oxygens (including phenoxy) is 2. The van der Waals surface area contributed by atoms with Gasteiger partial charge in [-0.25, -0.2) is 17.6 Å². The van der Waals surface area contributed by atoms with Gasteiger partial charge in [-0.15, -0.1) is 26.3 Å². The summed E-state index contributed by atoms with van der Waals surface area (Å²) in [6.07, 6.45) is -7.57. The maximum Gasteiger partial charge on any atom is 0.573 e. The minimum absolute atomic E-state index is 0. The van der Waals surface area contributed by atoms with Gasteiger partial charge in [0.15, 0.2) is 0 Å². The Morgan fingerprint density at radius 1 is 0.500 bits per heavy atom. The first-order valence-electron chi connectivity index (χ1n) is 20.6. The van der Waals surface area contributed by atoms with E-state index < -0.39 is 76.3 Å². The second-order valence-corrected chi connectivity index (χ2v) is 16.7. The Labute approximate surface area is 415 Å². The molecule has 0 aliphatic carbocycles. The van der Waals surface area contributed by atoms with E-state index in [2.05, 4.69) is 23.6 Å². The molecule has 0 unspecified atom stereocenters. The van der Waals surface area contributed by atoms with Gasteiger partial charge in [0.25, 0.3) is 0 Å². The van der Waals surface area contributed by atoms with Gasteiger partial charge >= 0.3 is 35.5 Å². The quantitative estimate of drug-likeness (QED) is 0.0605. The Bertz CT molecular complexity index is 2920. The monoisotopic (exact) mass is 1130 g/mol. The maximum atomic E-state index is 14.0. The average Bonchev–Trinajstić information content (AvgIpc) is 3.97. The first kappa shape index (κ1) is 56.7. The van der Waals surface area contributed by atoms with Gasteiger partial charge in [-0.3, -0.25) is 9.98 Å². The molecule has 0 radical (unpaired) electrons. The van der Waals surface area contributed by atoms with Crippen LogP contribution in [0.5, 0.6) is 17.2 Å². The Balaban J connectivity index is 0.000000212. The predicted octanol–water partition coefficient (Wildman–Crippen LogP) is 11.6. The summed E-state index contributed by atoms with van der Waals surface area (Å²) in [6, 6.07) is 28.7. The van der Waals surface area contributed by atoms with Crippen LogP contribution in [0.3, 0.4) is 0 Å². The number of nitrogens with zero attached hydrogens (tertiary/aromatic N) is 2. The van der Waals surface area contributed by atoms with Crippen LogP contribution in [0.4, 0.5) is 57.1 Å². The largest absolute Gasteiger partial charge is 0.573 e. The molecule has 0 saturated carbocycles. The molecule has 0 bridgehead atoms. The molecule has 0 spiro atoms. The number of hydrogen-bond acceptors (Lipinski definition) is 9. The number of alkyl halides is 9. The second-order valence-electron chi connectivity index (χ2n) is 15.2. The van der Waals surface area contributed by atoms with E-state index in [1.165, 1.54) is 48.5 Å². The maximum absolute atomic E-state index is 14.0. The molecule has 25 heteroatoms. The average molecular weight is 1140 g/mol. The molecule has 0 amide bonds. The zero-order valence-electron chi connectivity index (χ0n) is 36.2. The van der Waals surface area contributed by atoms with Crippen molar-refractivity contribution in [2.75, 3.05) is 0 Å². The minimum Gasteiger partial charge on any atom is -0.423 e. The third-order valence-corrected chi connectivity index (χ3v) is 11.3. The van der Waals surface area contributed by atoms with Gasteiger partial charge in [0.2, 0.25) is 0 Å². The van der Waals surface area contributed by atoms with Crippen molar-refractivity contribution in [2.24, 2.45) is 9.98 Å². The summed E-state index contributed by atoms with van der Waals surface area (Å²) in [5.74, 6) is -3.88. The van der Waals surface area contributed by atoms with E-state index in [-0.39, 0.29) is 54.5 Å². The van der Waals surface area contributed by atoms with Crippen LogP contribution in [-0.2, 0) is 30.5 Å². The summed E-state index contributed by atoms with van der Waals surface area (Å²) in [5, 5.41) is 17.3. The van der Waals surface area contributed by atoms with Gasteiger partial charge in [0.1, 0.15) is 40.5 Å². The van der Waals surface area contributed by atoms with E-state index in [1.807, 2.05) is 24.3 Å². The van der Waals surface area contributed by atoms with Gasteiger partial charge in [0, 0.05) is 31.8 Å². The fraction of sp³-hybridized carbons (Fsp3) is 0.191. The molecule has 0 fully saturated rings. The summed E-state index contributed by atoms with van der Waals surface area (Å²) in [7, 11) is -7.45. The van der Waals surface area contributed by atoms with Crippen LogP contribution < -0.4 is 19.1 Å². The first-order valence-corrected chi connectivity index (χ1v) is 22.0. The van der Waals surface area contributed by atoms with Crippen LogP contribution in [0.2, 0.25) is 0 Å². The summed E-state index contributed by atoms with van der Waals surface area (Å²) < 4.78 is 198. The fourth-order valence-electron chi connectivity index (χ4n) is 7.10. The second kappa shape index (κ2) is 23.5. The van der Waals surface area contributed by atoms with Crippen molar-refractivity contribution in [2.45, 2.75) is 56.0 Å². The normalized spacial score (nSPS) is 15.7. The van der Waals surface area contributed by atoms with E-state index >= 15 is 0 Å². The van der Waals surface area contributed by atoms with Gasteiger partial charge in [-0.05, 0) is 114 Å². The molecule has 8 rings (SSSR count). The molecule has 2 heterocycles. The van der Waals surface area contributed by atoms with Crippen molar-refractivity contribution in [3.8, 4) is 28.4 Å². The standard InChI is InChI=1S/C23H16F5NO.C17H12F5NO3S.C7H6BF3O3.Pd/c24-18-2-1-3-19(25)22(18)21-13-12-20(29-21)16-6-4-14(5-7-16)15-8-10-17(11-9-15)30-23(26,27)28;18-12-2-1-3-13(19)16(12)15-9-8-14(23-15)10-4-6-11(7-5-10)26-27(24,25)17(20,21)22;9-7(10,11)14-6-3-1-5(2-4-6)8(12)13;/h1-11,20H,12-13H2;1-7,14H,8-9H2;1-4,12-13H;/t20-;14-;;/m11../s1. The van der Waals surface area contributed by atoms with Crippen molar-refractivity contribution in [3.05, 3.63) is 179 Å². The summed E-state index contributed by atoms with van der Waals surface area (Å²) in [4.78, 5) is 8.80. The van der Waals surface area contributed by atoms with Crippen LogP contribution >= 0.6 is 0 Å². The van der Waals surface area contributed by atoms with Crippen molar-refractivity contribution in [1.29, 1.82) is 0 Å². The van der Waals surface area contributed by atoms with Gasteiger partial charge < -0.3 is 23.7 Å². The molecule has 6 aromatic rings. The fourth-order valence-corrected chi connectivity index (χ4v) is 7.56. The van der Waals surface area contributed by atoms with Crippen LogP contribution in [-0.4, -0.2) is 55.2 Å². The smallest absolute Gasteiger partial charge is 0.423 e. The third kappa shape index (κ3) is 15.4. The van der Waals surface area contributed by atoms with Gasteiger partial charge in [0.05, 0.1) is 23.2 Å². The van der Waals surface area contributed by atoms with Gasteiger partial charge in [-0.2, -0.15) is 21.6 Å². The molecule has 0 aromatic heterocycles. The molecule has 6 aromatic carbocycles. The number of hydrogen-bond donors (Lipinski definition) is 2. The predicted molar refractivity (Wildman–Crippen MR) is 233 cm³/mol. The van der Waals surface area contributed by atoms with E-state index in [1.54, 1.807) is 12.1 Å². The van der Waals surface area contributed by atoms with E-state index in [0.29, 0.717) is 37.0 Å².